The maximum absolute atomic E-state index is 12.0. The minimum absolute atomic E-state index is 0. The molecule has 0 aliphatic rings. The van der Waals surface area contributed by atoms with E-state index in [4.69, 9.17) is 0 Å². The molecule has 1 aromatic rings. The van der Waals surface area contributed by atoms with Crippen LogP contribution in [0.2, 0.25) is 0 Å². The van der Waals surface area contributed by atoms with Crippen molar-refractivity contribution in [3.63, 3.8) is 0 Å². The Bertz CT molecular complexity index is 515. The van der Waals surface area contributed by atoms with Gasteiger partial charge in [0.05, 0.1) is 0 Å². The average Bonchev–Trinajstić information content (AvgIpc) is 2.51. The fourth-order valence-electron chi connectivity index (χ4n) is 2.10. The van der Waals surface area contributed by atoms with Gasteiger partial charge in [-0.15, -0.1) is 24.0 Å². The average molecular weight is 465 g/mol. The third-order valence-electron chi connectivity index (χ3n) is 3.58. The zero-order valence-corrected chi connectivity index (χ0v) is 18.6. The molecule has 1 rings (SSSR count). The number of aliphatic imine (C=N–C) groups is 1. The SMILES string of the molecule is CN=C(NCCS(=O)C(C)(C)C)NC(C)CCc1ccccc1.I. The lowest BCUT2D eigenvalue weighted by atomic mass is 10.1. The molecule has 1 aromatic carbocycles. The van der Waals surface area contributed by atoms with Crippen molar-refractivity contribution < 1.29 is 4.21 Å². The monoisotopic (exact) mass is 465 g/mol. The number of nitrogens with zero attached hydrogens (tertiary/aromatic N) is 1. The Hall–Kier alpha value is -0.630. The molecule has 4 nitrogen and oxygen atoms in total. The normalized spacial score (nSPS) is 14.5. The lowest BCUT2D eigenvalue weighted by Crippen LogP contribution is -2.44. The van der Waals surface area contributed by atoms with E-state index in [1.165, 1.54) is 5.56 Å². The summed E-state index contributed by atoms with van der Waals surface area (Å²) >= 11 is 0. The van der Waals surface area contributed by atoms with Crippen LogP contribution >= 0.6 is 24.0 Å². The van der Waals surface area contributed by atoms with Crippen molar-refractivity contribution in [2.75, 3.05) is 19.3 Å². The minimum Gasteiger partial charge on any atom is -0.355 e. The first kappa shape index (κ1) is 23.4. The van der Waals surface area contributed by atoms with E-state index < -0.39 is 10.8 Å². The summed E-state index contributed by atoms with van der Waals surface area (Å²) in [5, 5.41) is 6.64. The molecule has 138 valence electrons. The number of aryl methyl sites for hydroxylation is 1. The summed E-state index contributed by atoms with van der Waals surface area (Å²) in [6, 6.07) is 10.8. The van der Waals surface area contributed by atoms with E-state index in [1.807, 2.05) is 26.8 Å². The molecule has 0 aliphatic carbocycles. The molecule has 0 fully saturated rings. The number of halogens is 1. The van der Waals surface area contributed by atoms with Gasteiger partial charge in [-0.05, 0) is 46.1 Å². The first-order valence-electron chi connectivity index (χ1n) is 8.22. The minimum atomic E-state index is -0.842. The summed E-state index contributed by atoms with van der Waals surface area (Å²) in [6.07, 6.45) is 2.08. The van der Waals surface area contributed by atoms with Crippen LogP contribution < -0.4 is 10.6 Å². The van der Waals surface area contributed by atoms with Crippen molar-refractivity contribution in [3.05, 3.63) is 35.9 Å². The molecule has 2 unspecified atom stereocenters. The molecule has 0 bridgehead atoms. The second kappa shape index (κ2) is 11.8. The predicted molar refractivity (Wildman–Crippen MR) is 117 cm³/mol. The molecule has 0 spiro atoms. The lowest BCUT2D eigenvalue weighted by molar-refractivity contribution is 0.594. The second-order valence-corrected chi connectivity index (χ2v) is 9.05. The van der Waals surface area contributed by atoms with E-state index in [9.17, 15) is 4.21 Å². The quantitative estimate of drug-likeness (QED) is 0.369. The van der Waals surface area contributed by atoms with Crippen LogP contribution in [-0.2, 0) is 17.2 Å². The number of nitrogens with one attached hydrogen (secondary N) is 2. The van der Waals surface area contributed by atoms with Crippen LogP contribution in [0, 0.1) is 0 Å². The molecule has 0 saturated carbocycles. The van der Waals surface area contributed by atoms with Gasteiger partial charge in [0.2, 0.25) is 0 Å². The molecule has 0 radical (unpaired) electrons. The molecule has 0 aromatic heterocycles. The molecule has 2 N–H and O–H groups in total. The molecule has 0 amide bonds. The lowest BCUT2D eigenvalue weighted by Gasteiger charge is -2.20. The zero-order valence-electron chi connectivity index (χ0n) is 15.5. The van der Waals surface area contributed by atoms with Crippen molar-refractivity contribution >= 4 is 40.7 Å². The van der Waals surface area contributed by atoms with Gasteiger partial charge in [0.25, 0.3) is 0 Å². The highest BCUT2D eigenvalue weighted by Crippen LogP contribution is 2.10. The van der Waals surface area contributed by atoms with Gasteiger partial charge in [-0.2, -0.15) is 0 Å². The highest BCUT2D eigenvalue weighted by Gasteiger charge is 2.18. The Kier molecular flexibility index (Phi) is 11.5. The number of hydrogen-bond acceptors (Lipinski definition) is 2. The molecule has 0 aliphatic heterocycles. The Morgan fingerprint density at radius 2 is 1.88 bits per heavy atom. The maximum Gasteiger partial charge on any atom is 0.191 e. The van der Waals surface area contributed by atoms with Gasteiger partial charge in [-0.1, -0.05) is 30.3 Å². The van der Waals surface area contributed by atoms with Gasteiger partial charge >= 0.3 is 0 Å². The van der Waals surface area contributed by atoms with Gasteiger partial charge in [0, 0.05) is 40.9 Å². The fraction of sp³-hybridized carbons (Fsp3) is 0.611. The summed E-state index contributed by atoms with van der Waals surface area (Å²) < 4.78 is 11.9. The summed E-state index contributed by atoms with van der Waals surface area (Å²) in [5.74, 6) is 1.40. The zero-order chi connectivity index (χ0) is 17.3. The molecule has 6 heteroatoms. The molecule has 0 saturated heterocycles. The van der Waals surface area contributed by atoms with Crippen molar-refractivity contribution in [2.24, 2.45) is 4.99 Å². The predicted octanol–water partition coefficient (Wildman–Crippen LogP) is 3.34. The highest BCUT2D eigenvalue weighted by molar-refractivity contribution is 14.0. The van der Waals surface area contributed by atoms with Gasteiger partial charge < -0.3 is 10.6 Å². The summed E-state index contributed by atoms with van der Waals surface area (Å²) in [7, 11) is 0.922. The molecule has 24 heavy (non-hydrogen) atoms. The summed E-state index contributed by atoms with van der Waals surface area (Å²) in [4.78, 5) is 4.24. The van der Waals surface area contributed by atoms with E-state index in [0.717, 1.165) is 18.8 Å². The Balaban J connectivity index is 0.00000529. The van der Waals surface area contributed by atoms with E-state index in [1.54, 1.807) is 7.05 Å². The Morgan fingerprint density at radius 1 is 1.25 bits per heavy atom. The van der Waals surface area contributed by atoms with Crippen LogP contribution in [0.3, 0.4) is 0 Å². The number of rotatable bonds is 7. The van der Waals surface area contributed by atoms with Crippen LogP contribution in [-0.4, -0.2) is 40.3 Å². The first-order valence-corrected chi connectivity index (χ1v) is 9.54. The van der Waals surface area contributed by atoms with Crippen LogP contribution in [0.25, 0.3) is 0 Å². The standard InChI is InChI=1S/C18H31N3OS.HI/c1-15(11-12-16-9-7-6-8-10-16)21-17(19-5)20-13-14-23(22)18(2,3)4;/h6-10,15H,11-14H2,1-5H3,(H2,19,20,21);1H. The van der Waals surface area contributed by atoms with E-state index in [0.29, 0.717) is 18.3 Å². The molecule has 0 heterocycles. The van der Waals surface area contributed by atoms with Crippen molar-refractivity contribution in [1.29, 1.82) is 0 Å². The van der Waals surface area contributed by atoms with E-state index >= 15 is 0 Å². The summed E-state index contributed by atoms with van der Waals surface area (Å²) in [5.41, 5.74) is 1.35. The second-order valence-electron chi connectivity index (χ2n) is 6.73. The van der Waals surface area contributed by atoms with Gasteiger partial charge in [-0.3, -0.25) is 9.20 Å². The molecule has 2 atom stereocenters. The smallest absolute Gasteiger partial charge is 0.191 e. The third kappa shape index (κ3) is 9.61. The van der Waals surface area contributed by atoms with Crippen molar-refractivity contribution in [3.8, 4) is 0 Å². The molecular formula is C18H32IN3OS. The largest absolute Gasteiger partial charge is 0.355 e. The fourth-order valence-corrected chi connectivity index (χ4v) is 3.00. The number of guanidine groups is 1. The number of hydrogen-bond donors (Lipinski definition) is 2. The van der Waals surface area contributed by atoms with Crippen LogP contribution in [0.1, 0.15) is 39.7 Å². The van der Waals surface area contributed by atoms with E-state index in [2.05, 4.69) is 46.8 Å². The van der Waals surface area contributed by atoms with Crippen molar-refractivity contribution in [1.82, 2.24) is 10.6 Å². The van der Waals surface area contributed by atoms with Crippen LogP contribution in [0.15, 0.2) is 35.3 Å². The molecular weight excluding hydrogens is 433 g/mol. The first-order chi connectivity index (χ1) is 10.8. The Labute approximate surface area is 166 Å². The highest BCUT2D eigenvalue weighted by atomic mass is 127. The van der Waals surface area contributed by atoms with Gasteiger partial charge in [-0.25, -0.2) is 0 Å². The third-order valence-corrected chi connectivity index (χ3v) is 5.52. The van der Waals surface area contributed by atoms with Crippen LogP contribution in [0.5, 0.6) is 0 Å². The van der Waals surface area contributed by atoms with Gasteiger partial charge in [0.15, 0.2) is 5.96 Å². The van der Waals surface area contributed by atoms with E-state index in [-0.39, 0.29) is 28.7 Å². The topological polar surface area (TPSA) is 53.5 Å². The summed E-state index contributed by atoms with van der Waals surface area (Å²) in [6.45, 7) is 8.82. The van der Waals surface area contributed by atoms with Gasteiger partial charge in [0.1, 0.15) is 0 Å². The maximum atomic E-state index is 12.0. The van der Waals surface area contributed by atoms with Crippen molar-refractivity contribution in [2.45, 2.75) is 51.3 Å². The van der Waals surface area contributed by atoms with Crippen LogP contribution in [0.4, 0.5) is 0 Å². The Morgan fingerprint density at radius 3 is 2.42 bits per heavy atom. The number of benzene rings is 1.